The molecule has 0 unspecified atom stereocenters. The lowest BCUT2D eigenvalue weighted by Crippen LogP contribution is -2.32. The molecule has 0 radical (unpaired) electrons. The van der Waals surface area contributed by atoms with Gasteiger partial charge in [-0.1, -0.05) is 28.1 Å². The molecule has 0 amide bonds. The van der Waals surface area contributed by atoms with Gasteiger partial charge in [-0.15, -0.1) is 0 Å². The molecule has 2 aromatic heterocycles. The standard InChI is InChI=1S/C27H30BrN5O2/c1-33(2)26-21-5-3-4-6-23(21)31-27(32-26)30-20-10-7-17(8-11-20)14-29-15-18-16-35-24-12-9-19(28)13-22(24)25(18)34/h3-6,9,12-13,16-17,20,29H,7-8,10-11,14-15H2,1-2H3,(H,30,31,32). The Labute approximate surface area is 213 Å². The molecule has 35 heavy (non-hydrogen) atoms. The van der Waals surface area contributed by atoms with Crippen molar-refractivity contribution < 1.29 is 4.42 Å². The third kappa shape index (κ3) is 5.33. The van der Waals surface area contributed by atoms with Gasteiger partial charge in [0.05, 0.1) is 17.2 Å². The molecule has 4 aromatic rings. The number of benzene rings is 2. The van der Waals surface area contributed by atoms with Crippen molar-refractivity contribution in [2.45, 2.75) is 38.3 Å². The fourth-order valence-corrected chi connectivity index (χ4v) is 5.20. The molecular weight excluding hydrogens is 506 g/mol. The topological polar surface area (TPSA) is 83.3 Å². The molecule has 0 saturated heterocycles. The molecule has 5 rings (SSSR count). The highest BCUT2D eigenvalue weighted by molar-refractivity contribution is 9.10. The van der Waals surface area contributed by atoms with E-state index in [1.807, 2.05) is 55.4 Å². The molecule has 2 heterocycles. The maximum absolute atomic E-state index is 12.8. The molecule has 1 aliphatic rings. The monoisotopic (exact) mass is 535 g/mol. The highest BCUT2D eigenvalue weighted by Crippen LogP contribution is 2.28. The van der Waals surface area contributed by atoms with Crippen molar-refractivity contribution in [1.82, 2.24) is 15.3 Å². The lowest BCUT2D eigenvalue weighted by atomic mass is 9.86. The van der Waals surface area contributed by atoms with Gasteiger partial charge in [0.15, 0.2) is 5.43 Å². The van der Waals surface area contributed by atoms with E-state index in [2.05, 4.69) is 32.6 Å². The number of para-hydroxylation sites is 1. The number of halogens is 1. The second kappa shape index (κ2) is 10.3. The third-order valence-electron chi connectivity index (χ3n) is 6.74. The van der Waals surface area contributed by atoms with E-state index >= 15 is 0 Å². The van der Waals surface area contributed by atoms with Crippen molar-refractivity contribution in [3.8, 4) is 0 Å². The number of nitrogens with zero attached hydrogens (tertiary/aromatic N) is 3. The van der Waals surface area contributed by atoms with Crippen molar-refractivity contribution >= 4 is 49.6 Å². The quantitative estimate of drug-likeness (QED) is 0.331. The van der Waals surface area contributed by atoms with Crippen LogP contribution >= 0.6 is 15.9 Å². The van der Waals surface area contributed by atoms with Gasteiger partial charge in [0.25, 0.3) is 0 Å². The normalized spacial score (nSPS) is 18.1. The summed E-state index contributed by atoms with van der Waals surface area (Å²) in [5.41, 5.74) is 2.26. The summed E-state index contributed by atoms with van der Waals surface area (Å²) in [4.78, 5) is 24.3. The minimum atomic E-state index is 0.0282. The van der Waals surface area contributed by atoms with Crippen molar-refractivity contribution in [2.75, 3.05) is 30.9 Å². The van der Waals surface area contributed by atoms with E-state index in [9.17, 15) is 4.79 Å². The Morgan fingerprint density at radius 3 is 2.66 bits per heavy atom. The molecule has 1 aliphatic carbocycles. The van der Waals surface area contributed by atoms with Gasteiger partial charge in [-0.05, 0) is 68.5 Å². The minimum absolute atomic E-state index is 0.0282. The fourth-order valence-electron chi connectivity index (χ4n) is 4.84. The van der Waals surface area contributed by atoms with Crippen LogP contribution in [0.3, 0.4) is 0 Å². The summed E-state index contributed by atoms with van der Waals surface area (Å²) in [5.74, 6) is 2.22. The van der Waals surface area contributed by atoms with E-state index in [1.54, 1.807) is 6.26 Å². The molecule has 0 spiro atoms. The van der Waals surface area contributed by atoms with Crippen LogP contribution in [0, 0.1) is 5.92 Å². The lowest BCUT2D eigenvalue weighted by molar-refractivity contribution is 0.323. The van der Waals surface area contributed by atoms with Crippen LogP contribution in [0.4, 0.5) is 11.8 Å². The molecular formula is C27H30BrN5O2. The number of hydrogen-bond acceptors (Lipinski definition) is 7. The Kier molecular flexibility index (Phi) is 7.02. The zero-order chi connectivity index (χ0) is 24.4. The van der Waals surface area contributed by atoms with Gasteiger partial charge in [-0.3, -0.25) is 4.79 Å². The number of aromatic nitrogens is 2. The Morgan fingerprint density at radius 2 is 1.86 bits per heavy atom. The maximum Gasteiger partial charge on any atom is 0.225 e. The van der Waals surface area contributed by atoms with Gasteiger partial charge in [0, 0.05) is 42.1 Å². The van der Waals surface area contributed by atoms with Gasteiger partial charge in [-0.2, -0.15) is 4.98 Å². The van der Waals surface area contributed by atoms with Gasteiger partial charge in [-0.25, -0.2) is 4.98 Å². The molecule has 8 heteroatoms. The SMILES string of the molecule is CN(C)c1nc(NC2CCC(CNCc3coc4ccc(Br)cc4c3=O)CC2)nc2ccccc12. The predicted molar refractivity (Wildman–Crippen MR) is 145 cm³/mol. The minimum Gasteiger partial charge on any atom is -0.464 e. The van der Waals surface area contributed by atoms with Crippen molar-refractivity contribution in [3.63, 3.8) is 0 Å². The summed E-state index contributed by atoms with van der Waals surface area (Å²) in [5, 5.41) is 8.72. The molecule has 182 valence electrons. The second-order valence-corrected chi connectivity index (χ2v) is 10.4. The summed E-state index contributed by atoms with van der Waals surface area (Å²) < 4.78 is 6.53. The largest absolute Gasteiger partial charge is 0.464 e. The van der Waals surface area contributed by atoms with E-state index in [1.165, 1.54) is 0 Å². The molecule has 1 saturated carbocycles. The summed E-state index contributed by atoms with van der Waals surface area (Å²) in [6.07, 6.45) is 5.98. The van der Waals surface area contributed by atoms with Crippen LogP contribution in [0.1, 0.15) is 31.2 Å². The summed E-state index contributed by atoms with van der Waals surface area (Å²) in [6.45, 7) is 1.40. The number of anilines is 2. The molecule has 0 atom stereocenters. The average molecular weight is 536 g/mol. The van der Waals surface area contributed by atoms with E-state index in [4.69, 9.17) is 14.4 Å². The van der Waals surface area contributed by atoms with E-state index in [0.29, 0.717) is 41.0 Å². The first-order chi connectivity index (χ1) is 17.0. The Balaban J connectivity index is 1.15. The van der Waals surface area contributed by atoms with Crippen LogP contribution in [-0.2, 0) is 6.54 Å². The fraction of sp³-hybridized carbons (Fsp3) is 0.370. The molecule has 0 aliphatic heterocycles. The van der Waals surface area contributed by atoms with Crippen molar-refractivity contribution in [3.05, 3.63) is 69.0 Å². The van der Waals surface area contributed by atoms with Crippen LogP contribution in [0.15, 0.2) is 62.4 Å². The highest BCUT2D eigenvalue weighted by Gasteiger charge is 2.22. The summed E-state index contributed by atoms with van der Waals surface area (Å²) in [6, 6.07) is 14.0. The summed E-state index contributed by atoms with van der Waals surface area (Å²) in [7, 11) is 4.02. The van der Waals surface area contributed by atoms with Crippen molar-refractivity contribution in [1.29, 1.82) is 0 Å². The van der Waals surface area contributed by atoms with Gasteiger partial charge in [0.2, 0.25) is 5.95 Å². The number of hydrogen-bond donors (Lipinski definition) is 2. The molecule has 2 N–H and O–H groups in total. The number of nitrogens with one attached hydrogen (secondary N) is 2. The van der Waals surface area contributed by atoms with Crippen LogP contribution in [0.25, 0.3) is 21.9 Å². The van der Waals surface area contributed by atoms with E-state index < -0.39 is 0 Å². The average Bonchev–Trinajstić information content (AvgIpc) is 2.86. The zero-order valence-electron chi connectivity index (χ0n) is 20.1. The first-order valence-corrected chi connectivity index (χ1v) is 12.9. The Hall–Kier alpha value is -2.97. The van der Waals surface area contributed by atoms with E-state index in [0.717, 1.165) is 53.4 Å². The molecule has 7 nitrogen and oxygen atoms in total. The lowest BCUT2D eigenvalue weighted by Gasteiger charge is -2.29. The molecule has 2 aromatic carbocycles. The van der Waals surface area contributed by atoms with Gasteiger partial charge < -0.3 is 20.0 Å². The number of fused-ring (bicyclic) bond motifs is 2. The smallest absolute Gasteiger partial charge is 0.225 e. The van der Waals surface area contributed by atoms with E-state index in [-0.39, 0.29) is 5.43 Å². The Morgan fingerprint density at radius 1 is 1.06 bits per heavy atom. The number of rotatable bonds is 7. The first kappa shape index (κ1) is 23.8. The molecule has 1 fully saturated rings. The third-order valence-corrected chi connectivity index (χ3v) is 7.23. The summed E-state index contributed by atoms with van der Waals surface area (Å²) >= 11 is 3.43. The van der Waals surface area contributed by atoms with Crippen LogP contribution in [0.2, 0.25) is 0 Å². The molecule has 0 bridgehead atoms. The van der Waals surface area contributed by atoms with Crippen molar-refractivity contribution in [2.24, 2.45) is 5.92 Å². The Bertz CT molecular complexity index is 1400. The van der Waals surface area contributed by atoms with Gasteiger partial charge in [0.1, 0.15) is 11.4 Å². The van der Waals surface area contributed by atoms with Crippen LogP contribution in [-0.4, -0.2) is 36.6 Å². The second-order valence-electron chi connectivity index (χ2n) is 9.51. The zero-order valence-corrected chi connectivity index (χ0v) is 21.6. The van der Waals surface area contributed by atoms with Crippen LogP contribution in [0.5, 0.6) is 0 Å². The van der Waals surface area contributed by atoms with Crippen LogP contribution < -0.4 is 21.0 Å². The predicted octanol–water partition coefficient (Wildman–Crippen LogP) is 5.33. The van der Waals surface area contributed by atoms with Gasteiger partial charge >= 0.3 is 0 Å². The first-order valence-electron chi connectivity index (χ1n) is 12.1. The maximum atomic E-state index is 12.8. The highest BCUT2D eigenvalue weighted by atomic mass is 79.9.